The quantitative estimate of drug-likeness (QED) is 0.844. The number of amides is 1. The van der Waals surface area contributed by atoms with Gasteiger partial charge in [0.25, 0.3) is 5.91 Å². The molecule has 3 atom stereocenters. The number of fused-ring (bicyclic) bond motifs is 1. The summed E-state index contributed by atoms with van der Waals surface area (Å²) in [6, 6.07) is 0. The highest BCUT2D eigenvalue weighted by Crippen LogP contribution is 2.39. The standard InChI is InChI=1S/C15H22N2O4/c1-9-13(8-19-2)14(16-21-9)15(18)17-6-10-4-12(20-3)5-11(10)7-17/h10-12H,4-8H2,1-3H3/t10-,11+,12?. The second kappa shape index (κ2) is 5.77. The molecule has 116 valence electrons. The molecule has 2 aliphatic rings. The minimum absolute atomic E-state index is 0.0396. The molecule has 0 spiro atoms. The summed E-state index contributed by atoms with van der Waals surface area (Å²) in [6.07, 6.45) is 2.46. The Kier molecular flexibility index (Phi) is 3.99. The van der Waals surface area contributed by atoms with Gasteiger partial charge in [0.2, 0.25) is 0 Å². The van der Waals surface area contributed by atoms with Crippen molar-refractivity contribution in [3.8, 4) is 0 Å². The molecule has 0 aromatic carbocycles. The molecule has 21 heavy (non-hydrogen) atoms. The summed E-state index contributed by atoms with van der Waals surface area (Å²) in [6.45, 7) is 3.74. The van der Waals surface area contributed by atoms with Gasteiger partial charge < -0.3 is 18.9 Å². The fourth-order valence-corrected chi connectivity index (χ4v) is 3.63. The zero-order chi connectivity index (χ0) is 15.0. The summed E-state index contributed by atoms with van der Waals surface area (Å²) in [5, 5.41) is 3.93. The molecule has 6 nitrogen and oxygen atoms in total. The predicted octanol–water partition coefficient (Wildman–Crippen LogP) is 1.63. The number of aromatic nitrogens is 1. The Hall–Kier alpha value is -1.40. The topological polar surface area (TPSA) is 64.8 Å². The van der Waals surface area contributed by atoms with Crippen molar-refractivity contribution in [2.75, 3.05) is 27.3 Å². The third-order valence-electron chi connectivity index (χ3n) is 4.80. The summed E-state index contributed by atoms with van der Waals surface area (Å²) in [5.74, 6) is 1.72. The molecule has 1 saturated heterocycles. The van der Waals surface area contributed by atoms with Gasteiger partial charge in [0.1, 0.15) is 5.76 Å². The lowest BCUT2D eigenvalue weighted by Gasteiger charge is -2.18. The summed E-state index contributed by atoms with van der Waals surface area (Å²) in [7, 11) is 3.37. The van der Waals surface area contributed by atoms with Crippen LogP contribution in [0, 0.1) is 18.8 Å². The first-order valence-electron chi connectivity index (χ1n) is 7.40. The molecule has 0 radical (unpaired) electrons. The number of ether oxygens (including phenoxy) is 2. The van der Waals surface area contributed by atoms with Gasteiger partial charge in [0, 0.05) is 27.3 Å². The highest BCUT2D eigenvalue weighted by atomic mass is 16.5. The van der Waals surface area contributed by atoms with Crippen LogP contribution < -0.4 is 0 Å². The van der Waals surface area contributed by atoms with Crippen LogP contribution in [-0.4, -0.2) is 49.4 Å². The van der Waals surface area contributed by atoms with Crippen molar-refractivity contribution in [1.82, 2.24) is 10.1 Å². The van der Waals surface area contributed by atoms with Gasteiger partial charge in [0.15, 0.2) is 5.69 Å². The van der Waals surface area contributed by atoms with E-state index in [9.17, 15) is 4.79 Å². The Balaban J connectivity index is 1.71. The van der Waals surface area contributed by atoms with Crippen LogP contribution in [0.1, 0.15) is 34.7 Å². The van der Waals surface area contributed by atoms with Crippen LogP contribution >= 0.6 is 0 Å². The monoisotopic (exact) mass is 294 g/mol. The van der Waals surface area contributed by atoms with E-state index < -0.39 is 0 Å². The van der Waals surface area contributed by atoms with Crippen LogP contribution in [0.2, 0.25) is 0 Å². The van der Waals surface area contributed by atoms with Crippen molar-refractivity contribution in [2.45, 2.75) is 32.5 Å². The number of carbonyl (C=O) groups excluding carboxylic acids is 1. The number of methoxy groups -OCH3 is 2. The molecule has 1 saturated carbocycles. The molecule has 1 aromatic heterocycles. The molecule has 6 heteroatoms. The van der Waals surface area contributed by atoms with Crippen molar-refractivity contribution >= 4 is 5.91 Å². The van der Waals surface area contributed by atoms with Crippen molar-refractivity contribution < 1.29 is 18.8 Å². The number of hydrogen-bond acceptors (Lipinski definition) is 5. The number of carbonyl (C=O) groups is 1. The Labute approximate surface area is 124 Å². The van der Waals surface area contributed by atoms with Crippen LogP contribution in [0.5, 0.6) is 0 Å². The molecule has 3 rings (SSSR count). The van der Waals surface area contributed by atoms with Gasteiger partial charge in [-0.2, -0.15) is 0 Å². The Morgan fingerprint density at radius 1 is 1.33 bits per heavy atom. The number of likely N-dealkylation sites (tertiary alicyclic amines) is 1. The van der Waals surface area contributed by atoms with E-state index in [1.165, 1.54) is 0 Å². The van der Waals surface area contributed by atoms with E-state index in [0.29, 0.717) is 36.0 Å². The van der Waals surface area contributed by atoms with E-state index in [1.807, 2.05) is 4.90 Å². The van der Waals surface area contributed by atoms with Gasteiger partial charge in [-0.05, 0) is 31.6 Å². The second-order valence-corrected chi connectivity index (χ2v) is 6.06. The van der Waals surface area contributed by atoms with Gasteiger partial charge >= 0.3 is 0 Å². The van der Waals surface area contributed by atoms with Crippen molar-refractivity contribution in [2.24, 2.45) is 11.8 Å². The van der Waals surface area contributed by atoms with E-state index in [2.05, 4.69) is 5.16 Å². The summed E-state index contributed by atoms with van der Waals surface area (Å²) in [4.78, 5) is 14.6. The maximum Gasteiger partial charge on any atom is 0.276 e. The summed E-state index contributed by atoms with van der Waals surface area (Å²) in [5.41, 5.74) is 1.16. The Morgan fingerprint density at radius 3 is 2.57 bits per heavy atom. The van der Waals surface area contributed by atoms with Gasteiger partial charge in [0.05, 0.1) is 18.3 Å². The normalized spacial score (nSPS) is 28.1. The van der Waals surface area contributed by atoms with Crippen LogP contribution in [0.4, 0.5) is 0 Å². The lowest BCUT2D eigenvalue weighted by atomic mass is 10.0. The molecule has 2 heterocycles. The van der Waals surface area contributed by atoms with Crippen LogP contribution in [-0.2, 0) is 16.1 Å². The van der Waals surface area contributed by atoms with Gasteiger partial charge in [-0.1, -0.05) is 5.16 Å². The lowest BCUT2D eigenvalue weighted by molar-refractivity contribution is 0.0719. The highest BCUT2D eigenvalue weighted by Gasteiger charge is 2.43. The maximum absolute atomic E-state index is 12.7. The Morgan fingerprint density at radius 2 is 2.00 bits per heavy atom. The number of hydrogen-bond donors (Lipinski definition) is 0. The van der Waals surface area contributed by atoms with Gasteiger partial charge in [-0.3, -0.25) is 4.79 Å². The summed E-state index contributed by atoms with van der Waals surface area (Å²) < 4.78 is 15.7. The van der Waals surface area contributed by atoms with Crippen LogP contribution in [0.25, 0.3) is 0 Å². The van der Waals surface area contributed by atoms with E-state index in [1.54, 1.807) is 21.1 Å². The van der Waals surface area contributed by atoms with Crippen LogP contribution in [0.3, 0.4) is 0 Å². The van der Waals surface area contributed by atoms with E-state index >= 15 is 0 Å². The predicted molar refractivity (Wildman–Crippen MR) is 74.9 cm³/mol. The average molecular weight is 294 g/mol. The molecule has 1 aromatic rings. The zero-order valence-corrected chi connectivity index (χ0v) is 12.8. The summed E-state index contributed by atoms with van der Waals surface area (Å²) >= 11 is 0. The fourth-order valence-electron chi connectivity index (χ4n) is 3.63. The highest BCUT2D eigenvalue weighted by molar-refractivity contribution is 5.94. The Bertz CT molecular complexity index is 514. The second-order valence-electron chi connectivity index (χ2n) is 6.06. The molecule has 2 fully saturated rings. The minimum Gasteiger partial charge on any atom is -0.381 e. The molecular weight excluding hydrogens is 272 g/mol. The van der Waals surface area contributed by atoms with E-state index in [0.717, 1.165) is 31.5 Å². The molecule has 1 unspecified atom stereocenters. The average Bonchev–Trinajstić information content (AvgIpc) is 3.12. The minimum atomic E-state index is -0.0396. The van der Waals surface area contributed by atoms with Crippen molar-refractivity contribution in [3.63, 3.8) is 0 Å². The lowest BCUT2D eigenvalue weighted by Crippen LogP contribution is -2.31. The number of nitrogens with zero attached hydrogens (tertiary/aromatic N) is 2. The molecule has 1 aliphatic heterocycles. The molecular formula is C15H22N2O4. The molecule has 1 aliphatic carbocycles. The SMILES string of the molecule is COCc1c(C(=O)N2C[C@H]3CC(OC)C[C@H]3C2)noc1C. The third kappa shape index (κ3) is 2.58. The first-order valence-corrected chi connectivity index (χ1v) is 7.40. The fraction of sp³-hybridized carbons (Fsp3) is 0.733. The number of rotatable bonds is 4. The molecule has 0 N–H and O–H groups in total. The third-order valence-corrected chi connectivity index (χ3v) is 4.80. The van der Waals surface area contributed by atoms with Crippen molar-refractivity contribution in [3.05, 3.63) is 17.0 Å². The largest absolute Gasteiger partial charge is 0.381 e. The first kappa shape index (κ1) is 14.5. The first-order chi connectivity index (χ1) is 10.1. The van der Waals surface area contributed by atoms with E-state index in [-0.39, 0.29) is 5.91 Å². The maximum atomic E-state index is 12.7. The number of aryl methyl sites for hydroxylation is 1. The van der Waals surface area contributed by atoms with Crippen LogP contribution in [0.15, 0.2) is 4.52 Å². The van der Waals surface area contributed by atoms with E-state index in [4.69, 9.17) is 14.0 Å². The van der Waals surface area contributed by atoms with Gasteiger partial charge in [-0.15, -0.1) is 0 Å². The van der Waals surface area contributed by atoms with Gasteiger partial charge in [-0.25, -0.2) is 0 Å². The zero-order valence-electron chi connectivity index (χ0n) is 12.8. The molecule has 0 bridgehead atoms. The molecule has 1 amide bonds. The van der Waals surface area contributed by atoms with Crippen molar-refractivity contribution in [1.29, 1.82) is 0 Å². The smallest absolute Gasteiger partial charge is 0.276 e.